The van der Waals surface area contributed by atoms with Gasteiger partial charge in [-0.1, -0.05) is 194 Å². The third-order valence-corrected chi connectivity index (χ3v) is 13.6. The van der Waals surface area contributed by atoms with Crippen LogP contribution in [0.2, 0.25) is 0 Å². The summed E-state index contributed by atoms with van der Waals surface area (Å²) in [5.41, 5.74) is 19.5. The molecule has 10 rings (SSSR count). The summed E-state index contributed by atoms with van der Waals surface area (Å²) in [7, 11) is 2.86. The number of carbonyl (C=O) groups excluding carboxylic acids is 2. The summed E-state index contributed by atoms with van der Waals surface area (Å²) in [5.74, 6) is -0.442. The standard InChI is InChI=1S/C68H56N2O4/c1-73-67(71)47-25-49-21-39-59(40-22-49)69(65-19-11-9-17-63(65)57-31-27-53(28-32-57)51-13-5-3-6-14-51)61-43-35-55(36-44-61)56-37-45-62(46-38-56)70(60-41-23-50(24-42-60)26-48-68(72)74-2)66-20-12-10-18-64(66)58-33-29-54(30-34-58)52-15-7-4-8-16-52/h3-24,27-46H,25-26,47-48H2,1-2H3. The molecule has 0 aliphatic rings. The Morgan fingerprint density at radius 2 is 0.554 bits per heavy atom. The molecule has 0 aliphatic carbocycles. The van der Waals surface area contributed by atoms with Crippen LogP contribution in [0, 0.1) is 0 Å². The van der Waals surface area contributed by atoms with Crippen molar-refractivity contribution < 1.29 is 19.1 Å². The second-order valence-electron chi connectivity index (χ2n) is 18.2. The van der Waals surface area contributed by atoms with Crippen LogP contribution < -0.4 is 9.80 Å². The third kappa shape index (κ3) is 11.1. The minimum Gasteiger partial charge on any atom is -0.469 e. The highest BCUT2D eigenvalue weighted by molar-refractivity contribution is 5.91. The van der Waals surface area contributed by atoms with Crippen molar-refractivity contribution in [2.24, 2.45) is 0 Å². The summed E-state index contributed by atoms with van der Waals surface area (Å²) in [6.45, 7) is 0. The monoisotopic (exact) mass is 964 g/mol. The van der Waals surface area contributed by atoms with Crippen molar-refractivity contribution in [3.8, 4) is 55.6 Å². The highest BCUT2D eigenvalue weighted by atomic mass is 16.5. The maximum Gasteiger partial charge on any atom is 0.305 e. The molecule has 362 valence electrons. The zero-order chi connectivity index (χ0) is 50.6. The maximum atomic E-state index is 12.0. The molecule has 0 fully saturated rings. The van der Waals surface area contributed by atoms with Gasteiger partial charge in [0.1, 0.15) is 0 Å². The molecule has 0 aliphatic heterocycles. The van der Waals surface area contributed by atoms with Crippen molar-refractivity contribution in [3.05, 3.63) is 266 Å². The number of hydrogen-bond acceptors (Lipinski definition) is 6. The molecule has 10 aromatic rings. The number of para-hydroxylation sites is 2. The lowest BCUT2D eigenvalue weighted by Crippen LogP contribution is -2.11. The molecular weight excluding hydrogens is 909 g/mol. The van der Waals surface area contributed by atoms with Crippen LogP contribution in [0.1, 0.15) is 24.0 Å². The van der Waals surface area contributed by atoms with E-state index in [-0.39, 0.29) is 11.9 Å². The van der Waals surface area contributed by atoms with Gasteiger partial charge >= 0.3 is 11.9 Å². The van der Waals surface area contributed by atoms with Gasteiger partial charge in [-0.05, 0) is 129 Å². The van der Waals surface area contributed by atoms with E-state index in [9.17, 15) is 9.59 Å². The van der Waals surface area contributed by atoms with Crippen LogP contribution in [0.15, 0.2) is 255 Å². The van der Waals surface area contributed by atoms with Gasteiger partial charge in [0.05, 0.1) is 25.6 Å². The SMILES string of the molecule is COC(=O)CCc1ccc(N(c2ccc(-c3ccc(N(c4ccc(CCC(=O)OC)cc4)c4ccccc4-c4ccc(-c5ccccc5)cc4)cc3)cc2)c2ccccc2-c2ccc(-c3ccccc3)cc2)cc1. The number of carbonyl (C=O) groups is 2. The molecule has 0 atom stereocenters. The third-order valence-electron chi connectivity index (χ3n) is 13.6. The average Bonchev–Trinajstić information content (AvgIpc) is 3.48. The second kappa shape index (κ2) is 22.9. The van der Waals surface area contributed by atoms with E-state index in [0.29, 0.717) is 25.7 Å². The number of methoxy groups -OCH3 is 2. The predicted octanol–water partition coefficient (Wildman–Crippen LogP) is 17.2. The summed E-state index contributed by atoms with van der Waals surface area (Å²) in [4.78, 5) is 28.6. The number of nitrogens with zero attached hydrogens (tertiary/aromatic N) is 2. The summed E-state index contributed by atoms with van der Waals surface area (Å²) >= 11 is 0. The minimum absolute atomic E-state index is 0.221. The van der Waals surface area contributed by atoms with Crippen LogP contribution in [0.3, 0.4) is 0 Å². The Morgan fingerprint density at radius 1 is 0.297 bits per heavy atom. The molecular formula is C68H56N2O4. The van der Waals surface area contributed by atoms with Crippen molar-refractivity contribution >= 4 is 46.1 Å². The van der Waals surface area contributed by atoms with E-state index >= 15 is 0 Å². The molecule has 0 radical (unpaired) electrons. The van der Waals surface area contributed by atoms with Gasteiger partial charge in [0.15, 0.2) is 0 Å². The van der Waals surface area contributed by atoms with Crippen molar-refractivity contribution in [3.63, 3.8) is 0 Å². The van der Waals surface area contributed by atoms with E-state index < -0.39 is 0 Å². The Labute approximate surface area is 434 Å². The van der Waals surface area contributed by atoms with Gasteiger partial charge in [-0.3, -0.25) is 9.59 Å². The molecule has 6 heteroatoms. The lowest BCUT2D eigenvalue weighted by molar-refractivity contribution is -0.141. The maximum absolute atomic E-state index is 12.0. The van der Waals surface area contributed by atoms with Crippen LogP contribution in [0.25, 0.3) is 55.6 Å². The fraction of sp³-hybridized carbons (Fsp3) is 0.0882. The first-order chi connectivity index (χ1) is 36.4. The molecule has 0 saturated heterocycles. The first-order valence-corrected chi connectivity index (χ1v) is 25.0. The lowest BCUT2D eigenvalue weighted by atomic mass is 9.97. The molecule has 0 saturated carbocycles. The van der Waals surface area contributed by atoms with Gasteiger partial charge in [0, 0.05) is 46.7 Å². The minimum atomic E-state index is -0.221. The Morgan fingerprint density at radius 3 is 0.878 bits per heavy atom. The molecule has 0 amide bonds. The molecule has 0 N–H and O–H groups in total. The van der Waals surface area contributed by atoms with Gasteiger partial charge in [0.2, 0.25) is 0 Å². The average molecular weight is 965 g/mol. The van der Waals surface area contributed by atoms with E-state index in [1.165, 1.54) is 36.5 Å². The lowest BCUT2D eigenvalue weighted by Gasteiger charge is -2.29. The fourth-order valence-electron chi connectivity index (χ4n) is 9.55. The van der Waals surface area contributed by atoms with Crippen LogP contribution in [0.4, 0.5) is 34.1 Å². The number of aryl methyl sites for hydroxylation is 2. The summed E-state index contributed by atoms with van der Waals surface area (Å²) < 4.78 is 9.85. The number of benzene rings is 10. The van der Waals surface area contributed by atoms with Crippen molar-refractivity contribution in [1.82, 2.24) is 0 Å². The Bertz CT molecular complexity index is 3210. The highest BCUT2D eigenvalue weighted by Crippen LogP contribution is 2.44. The van der Waals surface area contributed by atoms with Gasteiger partial charge < -0.3 is 19.3 Å². The summed E-state index contributed by atoms with van der Waals surface area (Å²) in [6.07, 6.45) is 1.85. The molecule has 0 aromatic heterocycles. The molecule has 0 unspecified atom stereocenters. The molecule has 74 heavy (non-hydrogen) atoms. The van der Waals surface area contributed by atoms with Crippen molar-refractivity contribution in [2.75, 3.05) is 24.0 Å². The molecule has 0 bridgehead atoms. The summed E-state index contributed by atoms with van der Waals surface area (Å²) in [5, 5.41) is 0. The van der Waals surface area contributed by atoms with Crippen LogP contribution in [-0.4, -0.2) is 26.2 Å². The fourth-order valence-corrected chi connectivity index (χ4v) is 9.55. The van der Waals surface area contributed by atoms with Crippen LogP contribution in [0.5, 0.6) is 0 Å². The number of anilines is 6. The molecule has 6 nitrogen and oxygen atoms in total. The first kappa shape index (κ1) is 48.4. The number of rotatable bonds is 17. The molecule has 0 spiro atoms. The van der Waals surface area contributed by atoms with Crippen LogP contribution in [-0.2, 0) is 31.9 Å². The Hall–Kier alpha value is -9.26. The van der Waals surface area contributed by atoms with Crippen molar-refractivity contribution in [2.45, 2.75) is 25.7 Å². The van der Waals surface area contributed by atoms with E-state index in [2.05, 4.69) is 252 Å². The highest BCUT2D eigenvalue weighted by Gasteiger charge is 2.20. The Balaban J connectivity index is 0.983. The molecule has 0 heterocycles. The van der Waals surface area contributed by atoms with Gasteiger partial charge in [0.25, 0.3) is 0 Å². The topological polar surface area (TPSA) is 59.1 Å². The van der Waals surface area contributed by atoms with E-state index in [1.807, 2.05) is 12.1 Å². The predicted molar refractivity (Wildman–Crippen MR) is 304 cm³/mol. The van der Waals surface area contributed by atoms with Gasteiger partial charge in [-0.25, -0.2) is 0 Å². The number of hydrogen-bond donors (Lipinski definition) is 0. The zero-order valence-corrected chi connectivity index (χ0v) is 41.6. The number of esters is 2. The normalized spacial score (nSPS) is 10.9. The van der Waals surface area contributed by atoms with Gasteiger partial charge in [-0.15, -0.1) is 0 Å². The summed E-state index contributed by atoms with van der Waals surface area (Å²) in [6, 6.07) is 90.0. The number of ether oxygens (including phenoxy) is 2. The van der Waals surface area contributed by atoms with Crippen molar-refractivity contribution in [1.29, 1.82) is 0 Å². The zero-order valence-electron chi connectivity index (χ0n) is 41.6. The molecule has 10 aromatic carbocycles. The second-order valence-corrected chi connectivity index (χ2v) is 18.2. The van der Waals surface area contributed by atoms with Gasteiger partial charge in [-0.2, -0.15) is 0 Å². The smallest absolute Gasteiger partial charge is 0.305 e. The quantitative estimate of drug-likeness (QED) is 0.0848. The van der Waals surface area contributed by atoms with E-state index in [1.54, 1.807) is 0 Å². The largest absolute Gasteiger partial charge is 0.469 e. The Kier molecular flexibility index (Phi) is 14.9. The van der Waals surface area contributed by atoms with E-state index in [4.69, 9.17) is 9.47 Å². The van der Waals surface area contributed by atoms with Crippen LogP contribution >= 0.6 is 0 Å². The van der Waals surface area contributed by atoms with E-state index in [0.717, 1.165) is 78.6 Å². The first-order valence-electron chi connectivity index (χ1n) is 25.0.